The number of thiazole rings is 1. The Morgan fingerprint density at radius 2 is 2.17 bits per heavy atom. The molecular formula is C13H11ClN2OS. The zero-order chi connectivity index (χ0) is 12.7. The maximum Gasteiger partial charge on any atom is 0.182 e. The number of carbonyl (C=O) groups excluding carboxylic acids is 1. The Labute approximate surface area is 114 Å². The van der Waals surface area contributed by atoms with E-state index in [1.807, 2.05) is 24.3 Å². The number of hydrogen-bond acceptors (Lipinski definition) is 4. The number of aromatic nitrogens is 1. The fraction of sp³-hybridized carbons (Fsp3) is 0.231. The Kier molecular flexibility index (Phi) is 2.84. The van der Waals surface area contributed by atoms with Crippen molar-refractivity contribution in [2.24, 2.45) is 0 Å². The van der Waals surface area contributed by atoms with Crippen LogP contribution in [0.4, 0.5) is 5.13 Å². The monoisotopic (exact) mass is 278 g/mol. The maximum absolute atomic E-state index is 12.4. The van der Waals surface area contributed by atoms with Crippen molar-refractivity contribution < 1.29 is 4.79 Å². The predicted molar refractivity (Wildman–Crippen MR) is 73.4 cm³/mol. The lowest BCUT2D eigenvalue weighted by Crippen LogP contribution is -2.19. The SMILES string of the molecule is Nc1nc2c(s1)C(=O)C(c1ccccc1Cl)CC2. The Balaban J connectivity index is 2.03. The van der Waals surface area contributed by atoms with E-state index in [1.165, 1.54) is 11.3 Å². The molecule has 18 heavy (non-hydrogen) atoms. The summed E-state index contributed by atoms with van der Waals surface area (Å²) in [5.74, 6) is -0.0652. The number of carbonyl (C=O) groups is 1. The number of rotatable bonds is 1. The second-order valence-electron chi connectivity index (χ2n) is 4.30. The number of ketones is 1. The molecule has 0 bridgehead atoms. The van der Waals surface area contributed by atoms with Crippen molar-refractivity contribution in [1.29, 1.82) is 0 Å². The summed E-state index contributed by atoms with van der Waals surface area (Å²) >= 11 is 7.44. The molecule has 1 aromatic carbocycles. The smallest absolute Gasteiger partial charge is 0.182 e. The Hall–Kier alpha value is -1.39. The van der Waals surface area contributed by atoms with Gasteiger partial charge >= 0.3 is 0 Å². The van der Waals surface area contributed by atoms with Gasteiger partial charge < -0.3 is 5.73 Å². The third-order valence-electron chi connectivity index (χ3n) is 3.20. The molecule has 0 saturated heterocycles. The van der Waals surface area contributed by atoms with Gasteiger partial charge in [0.1, 0.15) is 0 Å². The quantitative estimate of drug-likeness (QED) is 0.871. The summed E-state index contributed by atoms with van der Waals surface area (Å²) in [4.78, 5) is 17.3. The van der Waals surface area contributed by atoms with Crippen molar-refractivity contribution in [3.05, 3.63) is 45.4 Å². The third kappa shape index (κ3) is 1.82. The van der Waals surface area contributed by atoms with Crippen LogP contribution in [0.3, 0.4) is 0 Å². The molecule has 2 N–H and O–H groups in total. The van der Waals surface area contributed by atoms with Crippen molar-refractivity contribution in [2.45, 2.75) is 18.8 Å². The number of nitrogen functional groups attached to an aromatic ring is 1. The Morgan fingerprint density at radius 3 is 2.94 bits per heavy atom. The van der Waals surface area contributed by atoms with Gasteiger partial charge in [-0.1, -0.05) is 41.1 Å². The molecule has 92 valence electrons. The van der Waals surface area contributed by atoms with E-state index in [0.717, 1.165) is 24.1 Å². The Bertz CT molecular complexity index is 623. The summed E-state index contributed by atoms with van der Waals surface area (Å²) in [7, 11) is 0. The topological polar surface area (TPSA) is 56.0 Å². The highest BCUT2D eigenvalue weighted by atomic mass is 35.5. The van der Waals surface area contributed by atoms with Gasteiger partial charge in [0.05, 0.1) is 16.5 Å². The van der Waals surface area contributed by atoms with Crippen LogP contribution in [0.15, 0.2) is 24.3 Å². The molecular weight excluding hydrogens is 268 g/mol. The van der Waals surface area contributed by atoms with Crippen LogP contribution in [0, 0.1) is 0 Å². The van der Waals surface area contributed by atoms with E-state index < -0.39 is 0 Å². The molecule has 1 aromatic heterocycles. The fourth-order valence-electron chi connectivity index (χ4n) is 2.36. The molecule has 1 aliphatic carbocycles. The summed E-state index contributed by atoms with van der Waals surface area (Å²) in [6.07, 6.45) is 1.53. The molecule has 1 aliphatic rings. The Morgan fingerprint density at radius 1 is 1.39 bits per heavy atom. The molecule has 5 heteroatoms. The average molecular weight is 279 g/mol. The third-order valence-corrected chi connectivity index (χ3v) is 4.49. The largest absolute Gasteiger partial charge is 0.375 e. The van der Waals surface area contributed by atoms with Gasteiger partial charge in [-0.15, -0.1) is 0 Å². The van der Waals surface area contributed by atoms with Gasteiger partial charge in [0, 0.05) is 5.02 Å². The highest BCUT2D eigenvalue weighted by molar-refractivity contribution is 7.17. The number of hydrogen-bond donors (Lipinski definition) is 1. The lowest BCUT2D eigenvalue weighted by atomic mass is 9.84. The van der Waals surface area contributed by atoms with Gasteiger partial charge in [-0.05, 0) is 24.5 Å². The van der Waals surface area contributed by atoms with Crippen LogP contribution in [0.25, 0.3) is 0 Å². The molecule has 0 radical (unpaired) electrons. The predicted octanol–water partition coefficient (Wildman–Crippen LogP) is 3.29. The maximum atomic E-state index is 12.4. The fourth-order valence-corrected chi connectivity index (χ4v) is 3.50. The number of aryl methyl sites for hydroxylation is 1. The number of nitrogens with zero attached hydrogens (tertiary/aromatic N) is 1. The second-order valence-corrected chi connectivity index (χ2v) is 5.74. The molecule has 0 aliphatic heterocycles. The minimum atomic E-state index is -0.161. The van der Waals surface area contributed by atoms with Crippen LogP contribution in [0.2, 0.25) is 5.02 Å². The molecule has 3 rings (SSSR count). The van der Waals surface area contributed by atoms with Gasteiger partial charge in [-0.3, -0.25) is 4.79 Å². The van der Waals surface area contributed by atoms with Crippen molar-refractivity contribution in [3.8, 4) is 0 Å². The molecule has 1 heterocycles. The summed E-state index contributed by atoms with van der Waals surface area (Å²) in [6.45, 7) is 0. The normalized spacial score (nSPS) is 18.7. The lowest BCUT2D eigenvalue weighted by molar-refractivity contribution is 0.0950. The molecule has 0 spiro atoms. The van der Waals surface area contributed by atoms with Crippen molar-refractivity contribution >= 4 is 33.9 Å². The van der Waals surface area contributed by atoms with Crippen LogP contribution in [-0.4, -0.2) is 10.8 Å². The van der Waals surface area contributed by atoms with E-state index in [4.69, 9.17) is 17.3 Å². The van der Waals surface area contributed by atoms with Gasteiger partial charge in [-0.25, -0.2) is 4.98 Å². The zero-order valence-electron chi connectivity index (χ0n) is 9.52. The molecule has 3 nitrogen and oxygen atoms in total. The van der Waals surface area contributed by atoms with Crippen molar-refractivity contribution in [3.63, 3.8) is 0 Å². The summed E-state index contributed by atoms with van der Waals surface area (Å²) in [5.41, 5.74) is 7.41. The summed E-state index contributed by atoms with van der Waals surface area (Å²) < 4.78 is 0. The first kappa shape index (κ1) is 11.7. The number of halogens is 1. The molecule has 2 aromatic rings. The molecule has 1 atom stereocenters. The van der Waals surface area contributed by atoms with Crippen LogP contribution in [0.1, 0.15) is 33.3 Å². The minimum absolute atomic E-state index is 0.0959. The number of fused-ring (bicyclic) bond motifs is 1. The molecule has 1 unspecified atom stereocenters. The van der Waals surface area contributed by atoms with Crippen LogP contribution in [0.5, 0.6) is 0 Å². The lowest BCUT2D eigenvalue weighted by Gasteiger charge is -2.20. The van der Waals surface area contributed by atoms with E-state index in [-0.39, 0.29) is 11.7 Å². The van der Waals surface area contributed by atoms with Crippen LogP contribution in [-0.2, 0) is 6.42 Å². The van der Waals surface area contributed by atoms with E-state index in [2.05, 4.69) is 4.98 Å². The average Bonchev–Trinajstić information content (AvgIpc) is 2.73. The number of anilines is 1. The number of Topliss-reactive ketones (excluding diaryl/α,β-unsaturated/α-hetero) is 1. The highest BCUT2D eigenvalue weighted by Gasteiger charge is 2.32. The standard InChI is InChI=1S/C13H11ClN2OS/c14-9-4-2-1-3-7(9)8-5-6-10-12(11(8)17)18-13(15)16-10/h1-4,8H,5-6H2,(H2,15,16). The van der Waals surface area contributed by atoms with Crippen molar-refractivity contribution in [2.75, 3.05) is 5.73 Å². The van der Waals surface area contributed by atoms with Gasteiger partial charge in [-0.2, -0.15) is 0 Å². The van der Waals surface area contributed by atoms with Crippen LogP contribution < -0.4 is 5.73 Å². The zero-order valence-corrected chi connectivity index (χ0v) is 11.1. The number of nitrogens with two attached hydrogens (primary N) is 1. The first-order chi connectivity index (χ1) is 8.66. The first-order valence-electron chi connectivity index (χ1n) is 5.70. The van der Waals surface area contributed by atoms with Crippen molar-refractivity contribution in [1.82, 2.24) is 4.98 Å². The van der Waals surface area contributed by atoms with Gasteiger partial charge in [0.15, 0.2) is 10.9 Å². The molecule has 0 amide bonds. The van der Waals surface area contributed by atoms with E-state index in [0.29, 0.717) is 15.0 Å². The minimum Gasteiger partial charge on any atom is -0.375 e. The van der Waals surface area contributed by atoms with E-state index in [1.54, 1.807) is 0 Å². The second kappa shape index (κ2) is 4.37. The van der Waals surface area contributed by atoms with Crippen LogP contribution >= 0.6 is 22.9 Å². The summed E-state index contributed by atoms with van der Waals surface area (Å²) in [5, 5.41) is 1.12. The van der Waals surface area contributed by atoms with E-state index >= 15 is 0 Å². The first-order valence-corrected chi connectivity index (χ1v) is 6.90. The molecule has 0 saturated carbocycles. The van der Waals surface area contributed by atoms with Gasteiger partial charge in [0.2, 0.25) is 0 Å². The van der Waals surface area contributed by atoms with E-state index in [9.17, 15) is 4.79 Å². The van der Waals surface area contributed by atoms with Gasteiger partial charge in [0.25, 0.3) is 0 Å². The summed E-state index contributed by atoms with van der Waals surface area (Å²) in [6, 6.07) is 7.52. The highest BCUT2D eigenvalue weighted by Crippen LogP contribution is 2.38. The number of benzene rings is 1. The molecule has 0 fully saturated rings.